The third-order valence-electron chi connectivity index (χ3n) is 5.72. The second kappa shape index (κ2) is 9.64. The molecular weight excluding hydrogens is 462 g/mol. The van der Waals surface area contributed by atoms with E-state index in [2.05, 4.69) is 16.6 Å². The Morgan fingerprint density at radius 3 is 2.70 bits per heavy atom. The van der Waals surface area contributed by atoms with E-state index in [1.807, 2.05) is 11.8 Å². The van der Waals surface area contributed by atoms with Crippen molar-refractivity contribution in [1.82, 2.24) is 9.88 Å². The van der Waals surface area contributed by atoms with Gasteiger partial charge in [-0.2, -0.15) is 0 Å². The molecule has 0 saturated carbocycles. The molecule has 1 aromatic heterocycles. The number of amides is 1. The minimum absolute atomic E-state index is 0.0531. The molecule has 4 rings (SSSR count). The van der Waals surface area contributed by atoms with E-state index >= 15 is 0 Å². The van der Waals surface area contributed by atoms with Crippen LogP contribution in [0.2, 0.25) is 0 Å². The quantitative estimate of drug-likeness (QED) is 0.492. The molecule has 0 radical (unpaired) electrons. The van der Waals surface area contributed by atoms with Crippen molar-refractivity contribution >= 4 is 44.5 Å². The van der Waals surface area contributed by atoms with Gasteiger partial charge in [-0.1, -0.05) is 30.8 Å². The summed E-state index contributed by atoms with van der Waals surface area (Å²) in [6, 6.07) is 11.3. The molecule has 1 saturated heterocycles. The maximum Gasteiger partial charge on any atom is 0.262 e. The molecule has 1 aliphatic heterocycles. The number of oxazole rings is 1. The molecule has 1 amide bonds. The lowest BCUT2D eigenvalue weighted by molar-refractivity contribution is -0.131. The summed E-state index contributed by atoms with van der Waals surface area (Å²) in [7, 11) is -2.39. The number of para-hydroxylation sites is 2. The molecule has 1 N–H and O–H groups in total. The number of anilines is 1. The number of likely N-dealkylation sites (tertiary alicyclic amines) is 1. The number of carbonyl (C=O) groups is 1. The number of piperidine rings is 1. The number of benzene rings is 2. The van der Waals surface area contributed by atoms with Crippen molar-refractivity contribution in [3.8, 4) is 5.75 Å². The summed E-state index contributed by atoms with van der Waals surface area (Å²) in [6.45, 7) is 5.60. The molecule has 176 valence electrons. The van der Waals surface area contributed by atoms with Gasteiger partial charge in [0.1, 0.15) is 11.3 Å². The van der Waals surface area contributed by atoms with Crippen LogP contribution in [0.4, 0.5) is 5.69 Å². The number of sulfonamides is 1. The van der Waals surface area contributed by atoms with E-state index in [4.69, 9.17) is 9.15 Å². The highest BCUT2D eigenvalue weighted by molar-refractivity contribution is 8.00. The number of fused-ring (bicyclic) bond motifs is 1. The second-order valence-corrected chi connectivity index (χ2v) is 11.2. The van der Waals surface area contributed by atoms with Crippen LogP contribution in [-0.4, -0.2) is 49.7 Å². The molecule has 0 spiro atoms. The third kappa shape index (κ3) is 5.27. The van der Waals surface area contributed by atoms with E-state index in [9.17, 15) is 13.2 Å². The van der Waals surface area contributed by atoms with Crippen LogP contribution in [0.25, 0.3) is 11.1 Å². The topological polar surface area (TPSA) is 102 Å². The number of thioether (sulfide) groups is 1. The van der Waals surface area contributed by atoms with E-state index in [1.54, 1.807) is 30.3 Å². The highest BCUT2D eigenvalue weighted by atomic mass is 32.2. The lowest BCUT2D eigenvalue weighted by Crippen LogP contribution is -2.41. The molecule has 0 aliphatic carbocycles. The molecule has 2 heterocycles. The Morgan fingerprint density at radius 1 is 1.24 bits per heavy atom. The number of nitrogens with one attached hydrogen (secondary N) is 1. The first-order valence-electron chi connectivity index (χ1n) is 10.8. The predicted octanol–water partition coefficient (Wildman–Crippen LogP) is 4.38. The van der Waals surface area contributed by atoms with Crippen LogP contribution in [0.3, 0.4) is 0 Å². The van der Waals surface area contributed by atoms with Crippen LogP contribution < -0.4 is 9.46 Å². The van der Waals surface area contributed by atoms with Gasteiger partial charge < -0.3 is 14.1 Å². The number of ether oxygens (including phenoxy) is 1. The Hall–Kier alpha value is -2.72. The van der Waals surface area contributed by atoms with Crippen molar-refractivity contribution in [2.45, 2.75) is 42.1 Å². The maximum absolute atomic E-state index is 12.9. The van der Waals surface area contributed by atoms with Crippen molar-refractivity contribution < 1.29 is 22.4 Å². The summed E-state index contributed by atoms with van der Waals surface area (Å²) < 4.78 is 39.3. The molecule has 10 heteroatoms. The van der Waals surface area contributed by atoms with Crippen LogP contribution in [0, 0.1) is 5.92 Å². The average molecular weight is 490 g/mol. The number of hydrogen-bond donors (Lipinski definition) is 1. The van der Waals surface area contributed by atoms with Gasteiger partial charge in [-0.3, -0.25) is 9.52 Å². The van der Waals surface area contributed by atoms with Gasteiger partial charge in [-0.05, 0) is 56.0 Å². The predicted molar refractivity (Wildman–Crippen MR) is 128 cm³/mol. The molecule has 8 nitrogen and oxygen atoms in total. The number of hydrogen-bond acceptors (Lipinski definition) is 7. The maximum atomic E-state index is 12.9. The molecular formula is C23H27N3O5S2. The number of rotatable bonds is 7. The van der Waals surface area contributed by atoms with E-state index in [1.165, 1.54) is 31.0 Å². The van der Waals surface area contributed by atoms with Gasteiger partial charge in [0.15, 0.2) is 5.58 Å². The highest BCUT2D eigenvalue weighted by Crippen LogP contribution is 2.31. The smallest absolute Gasteiger partial charge is 0.262 e. The van der Waals surface area contributed by atoms with Crippen LogP contribution in [0.1, 0.15) is 26.7 Å². The van der Waals surface area contributed by atoms with E-state index in [0.29, 0.717) is 33.7 Å². The summed E-state index contributed by atoms with van der Waals surface area (Å²) in [5.74, 6) is 1.14. The number of methoxy groups -OCH3 is 1. The summed E-state index contributed by atoms with van der Waals surface area (Å²) in [4.78, 5) is 19.1. The zero-order valence-electron chi connectivity index (χ0n) is 18.8. The Morgan fingerprint density at radius 2 is 1.97 bits per heavy atom. The zero-order valence-corrected chi connectivity index (χ0v) is 20.4. The Bertz CT molecular complexity index is 1250. The van der Waals surface area contributed by atoms with Crippen molar-refractivity contribution in [2.24, 2.45) is 5.92 Å². The van der Waals surface area contributed by atoms with E-state index in [0.717, 1.165) is 25.9 Å². The molecule has 1 unspecified atom stereocenters. The van der Waals surface area contributed by atoms with Gasteiger partial charge in [0.25, 0.3) is 15.2 Å². The van der Waals surface area contributed by atoms with Gasteiger partial charge in [-0.15, -0.1) is 0 Å². The normalized spacial score (nSPS) is 16.0. The Balaban J connectivity index is 1.49. The van der Waals surface area contributed by atoms with Gasteiger partial charge in [0, 0.05) is 13.1 Å². The summed E-state index contributed by atoms with van der Waals surface area (Å²) >= 11 is 1.24. The molecule has 1 aliphatic rings. The third-order valence-corrected chi connectivity index (χ3v) is 8.02. The van der Waals surface area contributed by atoms with Crippen LogP contribution in [0.5, 0.6) is 5.75 Å². The van der Waals surface area contributed by atoms with Crippen molar-refractivity contribution in [2.75, 3.05) is 24.9 Å². The fourth-order valence-electron chi connectivity index (χ4n) is 3.72. The molecule has 1 fully saturated rings. The highest BCUT2D eigenvalue weighted by Gasteiger charge is 2.26. The average Bonchev–Trinajstić information content (AvgIpc) is 3.20. The SMILES string of the molecule is COc1ccccc1NS(=O)(=O)c1ccc2oc(SC(C)C(=O)N3CCC(C)CC3)nc2c1. The molecule has 3 aromatic rings. The first kappa shape index (κ1) is 23.4. The molecule has 33 heavy (non-hydrogen) atoms. The van der Waals surface area contributed by atoms with Crippen LogP contribution >= 0.6 is 11.8 Å². The monoisotopic (exact) mass is 489 g/mol. The van der Waals surface area contributed by atoms with Gasteiger partial charge >= 0.3 is 0 Å². The van der Waals surface area contributed by atoms with E-state index in [-0.39, 0.29) is 16.1 Å². The van der Waals surface area contributed by atoms with Crippen LogP contribution in [0.15, 0.2) is 57.0 Å². The molecule has 0 bridgehead atoms. The van der Waals surface area contributed by atoms with E-state index < -0.39 is 10.0 Å². The standard InChI is InChI=1S/C23H27N3O5S2/c1-15-10-12-26(13-11-15)22(27)16(2)32-23-24-19-14-17(8-9-21(19)31-23)33(28,29)25-18-6-4-5-7-20(18)30-3/h4-9,14-16,25H,10-13H2,1-3H3. The van der Waals surface area contributed by atoms with Crippen molar-refractivity contribution in [1.29, 1.82) is 0 Å². The van der Waals surface area contributed by atoms with Gasteiger partial charge in [0.05, 0.1) is 22.9 Å². The number of aromatic nitrogens is 1. The second-order valence-electron chi connectivity index (χ2n) is 8.18. The largest absolute Gasteiger partial charge is 0.495 e. The minimum Gasteiger partial charge on any atom is -0.495 e. The van der Waals surface area contributed by atoms with Gasteiger partial charge in [-0.25, -0.2) is 13.4 Å². The lowest BCUT2D eigenvalue weighted by Gasteiger charge is -2.31. The summed E-state index contributed by atoms with van der Waals surface area (Å²) in [5, 5.41) is -0.00894. The Kier molecular flexibility index (Phi) is 6.85. The summed E-state index contributed by atoms with van der Waals surface area (Å²) in [5.41, 5.74) is 1.21. The lowest BCUT2D eigenvalue weighted by atomic mass is 9.99. The van der Waals surface area contributed by atoms with Crippen molar-refractivity contribution in [3.05, 3.63) is 42.5 Å². The Labute approximate surface area is 197 Å². The zero-order chi connectivity index (χ0) is 23.6. The molecule has 2 aromatic carbocycles. The first-order valence-corrected chi connectivity index (χ1v) is 13.1. The minimum atomic E-state index is -3.86. The van der Waals surface area contributed by atoms with Crippen molar-refractivity contribution in [3.63, 3.8) is 0 Å². The number of carbonyl (C=O) groups excluding carboxylic acids is 1. The summed E-state index contributed by atoms with van der Waals surface area (Å²) in [6.07, 6.45) is 2.04. The fraction of sp³-hybridized carbons (Fsp3) is 0.391. The fourth-order valence-corrected chi connectivity index (χ4v) is 5.66. The molecule has 1 atom stereocenters. The van der Waals surface area contributed by atoms with Gasteiger partial charge in [0.2, 0.25) is 5.91 Å². The number of nitrogens with zero attached hydrogens (tertiary/aromatic N) is 2. The first-order chi connectivity index (χ1) is 15.8. The van der Waals surface area contributed by atoms with Crippen LogP contribution in [-0.2, 0) is 14.8 Å².